The van der Waals surface area contributed by atoms with E-state index in [1.807, 2.05) is 0 Å². The summed E-state index contributed by atoms with van der Waals surface area (Å²) in [5, 5.41) is 8.54. The second kappa shape index (κ2) is 15.4. The Morgan fingerprint density at radius 3 is 1.63 bits per heavy atom. The molecule has 0 radical (unpaired) electrons. The summed E-state index contributed by atoms with van der Waals surface area (Å²) in [5.41, 5.74) is 0. The summed E-state index contributed by atoms with van der Waals surface area (Å²) in [5.74, 6) is 0. The minimum atomic E-state index is -3.67. The fourth-order valence-electron chi connectivity index (χ4n) is 1.19. The molecular weight excluding hydrogens is 264 g/mol. The molecule has 5 heteroatoms. The van der Waals surface area contributed by atoms with E-state index in [1.165, 1.54) is 19.3 Å². The number of hydrogen-bond donors (Lipinski definition) is 2. The third kappa shape index (κ3) is 38.2. The largest absolute Gasteiger partial charge is 0.396 e. The molecule has 0 aliphatic heterocycles. The van der Waals surface area contributed by atoms with Gasteiger partial charge in [-0.15, -0.1) is 0 Å². The maximum absolute atomic E-state index is 9.19. The van der Waals surface area contributed by atoms with Gasteiger partial charge in [0, 0.05) is 6.61 Å². The van der Waals surface area contributed by atoms with Crippen molar-refractivity contribution in [3.63, 3.8) is 0 Å². The molecule has 0 aromatic rings. The highest BCUT2D eigenvalue weighted by Gasteiger charge is 1.82. The molecule has 0 aromatic heterocycles. The second-order valence-electron chi connectivity index (χ2n) is 4.26. The molecule has 0 aromatic carbocycles. The second-order valence-corrected chi connectivity index (χ2v) is 5.73. The number of hydrogen-bond acceptors (Lipinski definition) is 3. The van der Waals surface area contributed by atoms with Crippen molar-refractivity contribution in [2.24, 2.45) is 0 Å². The first-order valence-corrected chi connectivity index (χ1v) is 8.60. The van der Waals surface area contributed by atoms with E-state index in [1.54, 1.807) is 0 Å². The van der Waals surface area contributed by atoms with Crippen molar-refractivity contribution in [1.29, 1.82) is 0 Å². The highest BCUT2D eigenvalue weighted by molar-refractivity contribution is 7.85. The minimum Gasteiger partial charge on any atom is -0.396 e. The van der Waals surface area contributed by atoms with Gasteiger partial charge in [0.15, 0.2) is 0 Å². The molecule has 0 amide bonds. The van der Waals surface area contributed by atoms with E-state index in [0.717, 1.165) is 25.7 Å². The van der Waals surface area contributed by atoms with Gasteiger partial charge in [0.25, 0.3) is 10.1 Å². The monoisotopic (exact) mass is 292 g/mol. The van der Waals surface area contributed by atoms with Crippen LogP contribution >= 0.6 is 0 Å². The average Bonchev–Trinajstić information content (AvgIpc) is 2.29. The molecule has 0 rings (SSSR count). The molecule has 0 spiro atoms. The standard InChI is InChI=1S/C13H24O.CH4O3S/c1-2-3-4-5-6-7-8-9-10-11-12-13-14;1-5(2,3)4/h5-6,9-10,14H,2-4,7-8,11-13H2,1H3;1H3,(H,2,3,4). The van der Waals surface area contributed by atoms with Crippen molar-refractivity contribution in [3.8, 4) is 0 Å². The van der Waals surface area contributed by atoms with Crippen LogP contribution in [0.1, 0.15) is 51.9 Å². The molecular formula is C14H28O4S. The normalized spacial score (nSPS) is 11.8. The Labute approximate surface area is 118 Å². The summed E-state index contributed by atoms with van der Waals surface area (Å²) < 4.78 is 25.9. The molecule has 0 heterocycles. The number of rotatable bonds is 9. The lowest BCUT2D eigenvalue weighted by Crippen LogP contribution is -1.88. The van der Waals surface area contributed by atoms with E-state index in [4.69, 9.17) is 9.66 Å². The lowest BCUT2D eigenvalue weighted by atomic mass is 10.2. The van der Waals surface area contributed by atoms with Crippen LogP contribution in [0, 0.1) is 0 Å². The minimum absolute atomic E-state index is 0.307. The Morgan fingerprint density at radius 2 is 1.26 bits per heavy atom. The van der Waals surface area contributed by atoms with Crippen LogP contribution in [0.5, 0.6) is 0 Å². The number of unbranched alkanes of at least 4 members (excludes halogenated alkanes) is 4. The third-order valence-corrected chi connectivity index (χ3v) is 2.09. The van der Waals surface area contributed by atoms with Crippen LogP contribution < -0.4 is 0 Å². The van der Waals surface area contributed by atoms with Crippen molar-refractivity contribution < 1.29 is 18.1 Å². The number of aliphatic hydroxyl groups excluding tert-OH is 1. The van der Waals surface area contributed by atoms with E-state index in [0.29, 0.717) is 12.9 Å². The average molecular weight is 292 g/mol. The van der Waals surface area contributed by atoms with Gasteiger partial charge in [0.05, 0.1) is 6.26 Å². The lowest BCUT2D eigenvalue weighted by Gasteiger charge is -1.90. The Bertz CT molecular complexity index is 292. The molecule has 114 valence electrons. The Hall–Kier alpha value is -0.650. The van der Waals surface area contributed by atoms with E-state index in [9.17, 15) is 8.42 Å². The van der Waals surface area contributed by atoms with E-state index in [-0.39, 0.29) is 0 Å². The predicted octanol–water partition coefficient (Wildman–Crippen LogP) is 3.35. The smallest absolute Gasteiger partial charge is 0.261 e. The summed E-state index contributed by atoms with van der Waals surface area (Å²) >= 11 is 0. The van der Waals surface area contributed by atoms with Gasteiger partial charge < -0.3 is 5.11 Å². The molecule has 2 N–H and O–H groups in total. The lowest BCUT2D eigenvalue weighted by molar-refractivity contribution is 0.289. The molecule has 0 saturated carbocycles. The summed E-state index contributed by atoms with van der Waals surface area (Å²) in [7, 11) is -3.67. The quantitative estimate of drug-likeness (QED) is 0.388. The van der Waals surface area contributed by atoms with Gasteiger partial charge in [-0.05, 0) is 32.1 Å². The maximum atomic E-state index is 9.19. The molecule has 0 unspecified atom stereocenters. The van der Waals surface area contributed by atoms with Crippen molar-refractivity contribution in [2.75, 3.05) is 12.9 Å². The molecule has 0 fully saturated rings. The topological polar surface area (TPSA) is 74.6 Å². The highest BCUT2D eigenvalue weighted by atomic mass is 32.2. The molecule has 0 saturated heterocycles. The van der Waals surface area contributed by atoms with E-state index < -0.39 is 10.1 Å². The highest BCUT2D eigenvalue weighted by Crippen LogP contribution is 1.99. The summed E-state index contributed by atoms with van der Waals surface area (Å²) in [6.07, 6.45) is 17.6. The van der Waals surface area contributed by atoms with Crippen LogP contribution in [0.2, 0.25) is 0 Å². The predicted molar refractivity (Wildman–Crippen MR) is 80.8 cm³/mol. The fraction of sp³-hybridized carbons (Fsp3) is 0.714. The Balaban J connectivity index is 0. The molecule has 0 atom stereocenters. The zero-order chi connectivity index (χ0) is 15.0. The zero-order valence-electron chi connectivity index (χ0n) is 12.1. The molecule has 19 heavy (non-hydrogen) atoms. The number of allylic oxidation sites excluding steroid dienone is 4. The molecule has 0 bridgehead atoms. The van der Waals surface area contributed by atoms with Crippen molar-refractivity contribution in [3.05, 3.63) is 24.3 Å². The van der Waals surface area contributed by atoms with Crippen LogP contribution in [0.4, 0.5) is 0 Å². The first-order valence-electron chi connectivity index (χ1n) is 6.75. The summed E-state index contributed by atoms with van der Waals surface area (Å²) in [6.45, 7) is 2.53. The van der Waals surface area contributed by atoms with E-state index >= 15 is 0 Å². The van der Waals surface area contributed by atoms with Crippen molar-refractivity contribution >= 4 is 10.1 Å². The van der Waals surface area contributed by atoms with Crippen LogP contribution in [-0.4, -0.2) is 30.9 Å². The molecule has 4 nitrogen and oxygen atoms in total. The van der Waals surface area contributed by atoms with Crippen LogP contribution in [0.25, 0.3) is 0 Å². The SMILES string of the molecule is CCCCC=CCCC=CCCCO.CS(=O)(=O)O. The van der Waals surface area contributed by atoms with Crippen LogP contribution in [0.3, 0.4) is 0 Å². The fourth-order valence-corrected chi connectivity index (χ4v) is 1.19. The van der Waals surface area contributed by atoms with Crippen LogP contribution in [-0.2, 0) is 10.1 Å². The first-order chi connectivity index (χ1) is 8.91. The maximum Gasteiger partial charge on any atom is 0.261 e. The zero-order valence-corrected chi connectivity index (χ0v) is 12.9. The van der Waals surface area contributed by atoms with Gasteiger partial charge >= 0.3 is 0 Å². The van der Waals surface area contributed by atoms with Gasteiger partial charge in [-0.3, -0.25) is 4.55 Å². The first kappa shape index (κ1) is 20.7. The van der Waals surface area contributed by atoms with Crippen molar-refractivity contribution in [2.45, 2.75) is 51.9 Å². The van der Waals surface area contributed by atoms with Crippen LogP contribution in [0.15, 0.2) is 24.3 Å². The van der Waals surface area contributed by atoms with E-state index in [2.05, 4.69) is 31.2 Å². The van der Waals surface area contributed by atoms with Crippen molar-refractivity contribution in [1.82, 2.24) is 0 Å². The van der Waals surface area contributed by atoms with Gasteiger partial charge in [0.1, 0.15) is 0 Å². The van der Waals surface area contributed by atoms with Gasteiger partial charge in [-0.2, -0.15) is 8.42 Å². The third-order valence-electron chi connectivity index (χ3n) is 2.09. The van der Waals surface area contributed by atoms with Gasteiger partial charge in [0.2, 0.25) is 0 Å². The molecule has 0 aliphatic carbocycles. The number of aliphatic hydroxyl groups is 1. The Kier molecular flexibility index (Phi) is 16.8. The van der Waals surface area contributed by atoms with Gasteiger partial charge in [-0.25, -0.2) is 0 Å². The molecule has 0 aliphatic rings. The summed E-state index contributed by atoms with van der Waals surface area (Å²) in [6, 6.07) is 0. The Morgan fingerprint density at radius 1 is 0.895 bits per heavy atom. The summed E-state index contributed by atoms with van der Waals surface area (Å²) in [4.78, 5) is 0. The van der Waals surface area contributed by atoms with Gasteiger partial charge in [-0.1, -0.05) is 44.1 Å².